The number of hydrogen-bond donors (Lipinski definition) is 2. The zero-order valence-electron chi connectivity index (χ0n) is 10.5. The van der Waals surface area contributed by atoms with Crippen molar-refractivity contribution in [3.63, 3.8) is 0 Å². The predicted octanol–water partition coefficient (Wildman–Crippen LogP) is 2.51. The number of benzene rings is 1. The molecule has 0 amide bonds. The van der Waals surface area contributed by atoms with Gasteiger partial charge in [-0.25, -0.2) is 9.89 Å². The summed E-state index contributed by atoms with van der Waals surface area (Å²) in [7, 11) is 0. The van der Waals surface area contributed by atoms with E-state index in [1.165, 1.54) is 11.8 Å². The van der Waals surface area contributed by atoms with E-state index in [0.29, 0.717) is 28.2 Å². The molecule has 19 heavy (non-hydrogen) atoms. The monoisotopic (exact) mass is 298 g/mol. The molecule has 1 aromatic heterocycles. The summed E-state index contributed by atoms with van der Waals surface area (Å²) in [5.41, 5.74) is 7.23. The minimum Gasteiger partial charge on any atom is -0.398 e. The Kier molecular flexibility index (Phi) is 4.55. The van der Waals surface area contributed by atoms with Crippen LogP contribution in [0.1, 0.15) is 18.9 Å². The van der Waals surface area contributed by atoms with E-state index in [9.17, 15) is 4.79 Å². The van der Waals surface area contributed by atoms with Crippen LogP contribution in [0.2, 0.25) is 5.02 Å². The van der Waals surface area contributed by atoms with Crippen LogP contribution in [0.3, 0.4) is 0 Å². The van der Waals surface area contributed by atoms with Crippen molar-refractivity contribution in [3.05, 3.63) is 39.3 Å². The number of hydrogen-bond acceptors (Lipinski definition) is 4. The van der Waals surface area contributed by atoms with Gasteiger partial charge in [-0.1, -0.05) is 36.4 Å². The first-order valence-corrected chi connectivity index (χ1v) is 7.30. The first kappa shape index (κ1) is 14.0. The Morgan fingerprint density at radius 3 is 3.00 bits per heavy atom. The van der Waals surface area contributed by atoms with E-state index in [4.69, 9.17) is 17.3 Å². The molecule has 2 aromatic rings. The van der Waals surface area contributed by atoms with Gasteiger partial charge in [-0.15, -0.1) is 5.10 Å². The summed E-state index contributed by atoms with van der Waals surface area (Å²) in [5, 5.41) is 7.76. The highest BCUT2D eigenvalue weighted by atomic mass is 35.5. The third kappa shape index (κ3) is 3.13. The van der Waals surface area contributed by atoms with Crippen molar-refractivity contribution in [2.24, 2.45) is 0 Å². The van der Waals surface area contributed by atoms with Gasteiger partial charge in [0.1, 0.15) is 0 Å². The number of aromatic nitrogens is 3. The van der Waals surface area contributed by atoms with Crippen LogP contribution in [0.5, 0.6) is 0 Å². The van der Waals surface area contributed by atoms with E-state index in [2.05, 4.69) is 10.2 Å². The lowest BCUT2D eigenvalue weighted by Crippen LogP contribution is -2.17. The molecule has 1 heterocycles. The lowest BCUT2D eigenvalue weighted by atomic mass is 10.2. The van der Waals surface area contributed by atoms with Gasteiger partial charge in [0.05, 0.1) is 0 Å². The van der Waals surface area contributed by atoms with Crippen LogP contribution in [0.25, 0.3) is 0 Å². The SMILES string of the molecule is CCCn1c(SCc2c(N)cccc2Cl)n[nH]c1=O. The first-order chi connectivity index (χ1) is 9.13. The maximum atomic E-state index is 11.6. The van der Waals surface area contributed by atoms with Crippen LogP contribution in [-0.4, -0.2) is 14.8 Å². The summed E-state index contributed by atoms with van der Waals surface area (Å²) in [4.78, 5) is 11.6. The Labute approximate surface area is 120 Å². The highest BCUT2D eigenvalue weighted by Crippen LogP contribution is 2.29. The van der Waals surface area contributed by atoms with Crippen molar-refractivity contribution in [3.8, 4) is 0 Å². The summed E-state index contributed by atoms with van der Waals surface area (Å²) >= 11 is 7.56. The average molecular weight is 299 g/mol. The number of rotatable bonds is 5. The van der Waals surface area contributed by atoms with E-state index in [1.54, 1.807) is 10.6 Å². The maximum absolute atomic E-state index is 11.6. The van der Waals surface area contributed by atoms with Crippen molar-refractivity contribution in [2.75, 3.05) is 5.73 Å². The van der Waals surface area contributed by atoms with Crippen molar-refractivity contribution >= 4 is 29.1 Å². The molecule has 1 aromatic carbocycles. The molecule has 0 aliphatic rings. The van der Waals surface area contributed by atoms with Crippen LogP contribution in [0, 0.1) is 0 Å². The maximum Gasteiger partial charge on any atom is 0.343 e. The fourth-order valence-electron chi connectivity index (χ4n) is 1.70. The third-order valence-corrected chi connectivity index (χ3v) is 4.03. The van der Waals surface area contributed by atoms with Crippen LogP contribution in [-0.2, 0) is 12.3 Å². The summed E-state index contributed by atoms with van der Waals surface area (Å²) in [6, 6.07) is 5.43. The number of nitrogen functional groups attached to an aromatic ring is 1. The number of nitrogens with one attached hydrogen (secondary N) is 1. The van der Waals surface area contributed by atoms with E-state index < -0.39 is 0 Å². The van der Waals surface area contributed by atoms with Gasteiger partial charge in [0, 0.05) is 28.6 Å². The molecule has 0 atom stereocenters. The molecule has 0 spiro atoms. The number of H-pyrrole nitrogens is 1. The Balaban J connectivity index is 2.17. The fraction of sp³-hybridized carbons (Fsp3) is 0.333. The largest absolute Gasteiger partial charge is 0.398 e. The zero-order chi connectivity index (χ0) is 13.8. The standard InChI is InChI=1S/C12H15ClN4OS/c1-2-6-17-11(18)15-16-12(17)19-7-8-9(13)4-3-5-10(8)14/h3-5H,2,6-7,14H2,1H3,(H,15,18). The number of nitrogens with two attached hydrogens (primary N) is 1. The number of anilines is 1. The molecule has 5 nitrogen and oxygen atoms in total. The molecule has 2 rings (SSSR count). The van der Waals surface area contributed by atoms with E-state index in [0.717, 1.165) is 12.0 Å². The van der Waals surface area contributed by atoms with Crippen LogP contribution >= 0.6 is 23.4 Å². The van der Waals surface area contributed by atoms with Gasteiger partial charge in [-0.05, 0) is 18.6 Å². The van der Waals surface area contributed by atoms with Gasteiger partial charge in [0.25, 0.3) is 0 Å². The minimum atomic E-state index is -0.184. The predicted molar refractivity (Wildman–Crippen MR) is 78.6 cm³/mol. The average Bonchev–Trinajstić information content (AvgIpc) is 2.71. The molecular weight excluding hydrogens is 284 g/mol. The zero-order valence-corrected chi connectivity index (χ0v) is 12.1. The molecular formula is C12H15ClN4OS. The summed E-state index contributed by atoms with van der Waals surface area (Å²) in [6.45, 7) is 2.66. The molecule has 0 unspecified atom stereocenters. The molecule has 0 radical (unpaired) electrons. The molecule has 3 N–H and O–H groups in total. The topological polar surface area (TPSA) is 76.7 Å². The van der Waals surface area contributed by atoms with Crippen molar-refractivity contribution < 1.29 is 0 Å². The number of aromatic amines is 1. The Morgan fingerprint density at radius 1 is 1.53 bits per heavy atom. The molecule has 0 saturated carbocycles. The molecule has 0 saturated heterocycles. The van der Waals surface area contributed by atoms with E-state index in [-0.39, 0.29) is 5.69 Å². The van der Waals surface area contributed by atoms with Crippen molar-refractivity contribution in [1.29, 1.82) is 0 Å². The molecule has 0 aliphatic carbocycles. The highest BCUT2D eigenvalue weighted by Gasteiger charge is 2.11. The smallest absolute Gasteiger partial charge is 0.343 e. The van der Waals surface area contributed by atoms with E-state index in [1.807, 2.05) is 19.1 Å². The van der Waals surface area contributed by atoms with Crippen molar-refractivity contribution in [2.45, 2.75) is 30.8 Å². The Bertz CT molecular complexity index is 602. The molecule has 0 bridgehead atoms. The second-order valence-electron chi connectivity index (χ2n) is 4.06. The second kappa shape index (κ2) is 6.16. The van der Waals surface area contributed by atoms with Crippen LogP contribution < -0.4 is 11.4 Å². The van der Waals surface area contributed by atoms with E-state index >= 15 is 0 Å². The van der Waals surface area contributed by atoms with Crippen molar-refractivity contribution in [1.82, 2.24) is 14.8 Å². The normalized spacial score (nSPS) is 10.8. The number of thioether (sulfide) groups is 1. The lowest BCUT2D eigenvalue weighted by Gasteiger charge is -2.07. The van der Waals surface area contributed by atoms with Gasteiger partial charge < -0.3 is 5.73 Å². The lowest BCUT2D eigenvalue weighted by molar-refractivity contribution is 0.604. The molecule has 7 heteroatoms. The summed E-state index contributed by atoms with van der Waals surface area (Å²) < 4.78 is 1.62. The first-order valence-electron chi connectivity index (χ1n) is 5.94. The summed E-state index contributed by atoms with van der Waals surface area (Å²) in [5.74, 6) is 0.583. The number of halogens is 1. The fourth-order valence-corrected chi connectivity index (χ4v) is 3.06. The second-order valence-corrected chi connectivity index (χ2v) is 5.41. The minimum absolute atomic E-state index is 0.184. The quantitative estimate of drug-likeness (QED) is 0.657. The van der Waals surface area contributed by atoms with Crippen LogP contribution in [0.15, 0.2) is 28.2 Å². The van der Waals surface area contributed by atoms with Gasteiger partial charge in [0.2, 0.25) is 0 Å². The molecule has 0 fully saturated rings. The van der Waals surface area contributed by atoms with Gasteiger partial charge >= 0.3 is 5.69 Å². The van der Waals surface area contributed by atoms with Gasteiger partial charge in [-0.2, -0.15) is 0 Å². The van der Waals surface area contributed by atoms with Gasteiger partial charge in [-0.3, -0.25) is 4.57 Å². The number of nitrogens with zero attached hydrogens (tertiary/aromatic N) is 2. The molecule has 0 aliphatic heterocycles. The third-order valence-electron chi connectivity index (χ3n) is 2.67. The van der Waals surface area contributed by atoms with Gasteiger partial charge in [0.15, 0.2) is 5.16 Å². The summed E-state index contributed by atoms with van der Waals surface area (Å²) in [6.07, 6.45) is 0.876. The highest BCUT2D eigenvalue weighted by molar-refractivity contribution is 7.98. The molecule has 102 valence electrons. The Morgan fingerprint density at radius 2 is 2.32 bits per heavy atom. The van der Waals surface area contributed by atoms with Crippen LogP contribution in [0.4, 0.5) is 5.69 Å². The Hall–Kier alpha value is -1.40.